The Bertz CT molecular complexity index is 179. The highest BCUT2D eigenvalue weighted by atomic mass is 16.5. The smallest absolute Gasteiger partial charge is 0.0594 e. The number of rotatable bonds is 6. The molecule has 0 aliphatic carbocycles. The van der Waals surface area contributed by atoms with Crippen LogP contribution in [-0.4, -0.2) is 49.8 Å². The molecule has 1 rings (SSSR count). The fraction of sp³-hybridized carbons (Fsp3) is 1.00. The molecule has 0 saturated carbocycles. The van der Waals surface area contributed by atoms with Gasteiger partial charge in [-0.1, -0.05) is 20.8 Å². The molecule has 1 fully saturated rings. The van der Waals surface area contributed by atoms with Crippen LogP contribution in [0.4, 0.5) is 0 Å². The lowest BCUT2D eigenvalue weighted by Gasteiger charge is -2.37. The van der Waals surface area contributed by atoms with E-state index in [0.717, 1.165) is 32.8 Å². The van der Waals surface area contributed by atoms with E-state index in [0.29, 0.717) is 18.0 Å². The molecule has 0 radical (unpaired) electrons. The standard InChI is InChI=1S/C13H28N2O/c1-5-12(4)14-10-13(11(2)3)15-6-8-16-9-7-15/h11-14H,5-10H2,1-4H3. The summed E-state index contributed by atoms with van der Waals surface area (Å²) in [7, 11) is 0. The minimum Gasteiger partial charge on any atom is -0.379 e. The van der Waals surface area contributed by atoms with Crippen LogP contribution in [0.3, 0.4) is 0 Å². The van der Waals surface area contributed by atoms with Gasteiger partial charge in [-0.2, -0.15) is 0 Å². The van der Waals surface area contributed by atoms with Crippen molar-refractivity contribution in [1.82, 2.24) is 10.2 Å². The van der Waals surface area contributed by atoms with E-state index in [4.69, 9.17) is 4.74 Å². The molecule has 1 N–H and O–H groups in total. The largest absolute Gasteiger partial charge is 0.379 e. The van der Waals surface area contributed by atoms with Crippen LogP contribution in [0.1, 0.15) is 34.1 Å². The second-order valence-electron chi connectivity index (χ2n) is 5.18. The first-order valence-electron chi connectivity index (χ1n) is 6.70. The van der Waals surface area contributed by atoms with Crippen molar-refractivity contribution in [2.24, 2.45) is 5.92 Å². The molecule has 0 bridgehead atoms. The van der Waals surface area contributed by atoms with Gasteiger partial charge in [-0.05, 0) is 19.3 Å². The van der Waals surface area contributed by atoms with Crippen molar-refractivity contribution in [2.45, 2.75) is 46.2 Å². The molecule has 0 aromatic heterocycles. The van der Waals surface area contributed by atoms with E-state index in [1.54, 1.807) is 0 Å². The molecule has 1 aliphatic rings. The molecule has 0 aromatic rings. The molecule has 0 amide bonds. The van der Waals surface area contributed by atoms with Crippen LogP contribution >= 0.6 is 0 Å². The fourth-order valence-electron chi connectivity index (χ4n) is 2.16. The molecule has 16 heavy (non-hydrogen) atoms. The molecule has 2 unspecified atom stereocenters. The van der Waals surface area contributed by atoms with Crippen molar-refractivity contribution >= 4 is 0 Å². The van der Waals surface area contributed by atoms with Crippen LogP contribution in [0, 0.1) is 5.92 Å². The Morgan fingerprint density at radius 3 is 2.31 bits per heavy atom. The third kappa shape index (κ3) is 4.40. The highest BCUT2D eigenvalue weighted by Gasteiger charge is 2.23. The average Bonchev–Trinajstić information content (AvgIpc) is 2.30. The summed E-state index contributed by atoms with van der Waals surface area (Å²) in [5, 5.41) is 3.63. The van der Waals surface area contributed by atoms with E-state index in [-0.39, 0.29) is 0 Å². The topological polar surface area (TPSA) is 24.5 Å². The number of nitrogens with zero attached hydrogens (tertiary/aromatic N) is 1. The zero-order valence-electron chi connectivity index (χ0n) is 11.3. The van der Waals surface area contributed by atoms with E-state index < -0.39 is 0 Å². The third-order valence-corrected chi connectivity index (χ3v) is 3.57. The molecule has 1 aliphatic heterocycles. The van der Waals surface area contributed by atoms with Crippen molar-refractivity contribution in [1.29, 1.82) is 0 Å². The summed E-state index contributed by atoms with van der Waals surface area (Å²) in [5.74, 6) is 0.703. The summed E-state index contributed by atoms with van der Waals surface area (Å²) < 4.78 is 5.41. The van der Waals surface area contributed by atoms with Crippen molar-refractivity contribution in [3.05, 3.63) is 0 Å². The maximum Gasteiger partial charge on any atom is 0.0594 e. The summed E-state index contributed by atoms with van der Waals surface area (Å²) in [6.45, 7) is 14.2. The van der Waals surface area contributed by atoms with Crippen molar-refractivity contribution in [3.63, 3.8) is 0 Å². The Morgan fingerprint density at radius 2 is 1.81 bits per heavy atom. The quantitative estimate of drug-likeness (QED) is 0.749. The van der Waals surface area contributed by atoms with Crippen LogP contribution in [0.2, 0.25) is 0 Å². The first kappa shape index (κ1) is 13.9. The average molecular weight is 228 g/mol. The van der Waals surface area contributed by atoms with Gasteiger partial charge in [0.05, 0.1) is 13.2 Å². The van der Waals surface area contributed by atoms with Crippen LogP contribution in [-0.2, 0) is 4.74 Å². The molecule has 96 valence electrons. The molecule has 1 heterocycles. The van der Waals surface area contributed by atoms with E-state index in [1.807, 2.05) is 0 Å². The number of hydrogen-bond acceptors (Lipinski definition) is 3. The lowest BCUT2D eigenvalue weighted by Crippen LogP contribution is -2.51. The van der Waals surface area contributed by atoms with E-state index in [2.05, 4.69) is 37.9 Å². The predicted molar refractivity (Wildman–Crippen MR) is 68.8 cm³/mol. The van der Waals surface area contributed by atoms with Gasteiger partial charge in [0.15, 0.2) is 0 Å². The maximum absolute atomic E-state index is 5.41. The Morgan fingerprint density at radius 1 is 1.19 bits per heavy atom. The highest BCUT2D eigenvalue weighted by molar-refractivity contribution is 4.79. The predicted octanol–water partition coefficient (Wildman–Crippen LogP) is 1.73. The fourth-order valence-corrected chi connectivity index (χ4v) is 2.16. The third-order valence-electron chi connectivity index (χ3n) is 3.57. The summed E-state index contributed by atoms with van der Waals surface area (Å²) in [6, 6.07) is 1.28. The number of hydrogen-bond donors (Lipinski definition) is 1. The minimum atomic E-state index is 0.627. The Labute approximate surface area is 101 Å². The van der Waals surface area contributed by atoms with Crippen molar-refractivity contribution < 1.29 is 4.74 Å². The van der Waals surface area contributed by atoms with E-state index in [9.17, 15) is 0 Å². The number of morpholine rings is 1. The Balaban J connectivity index is 2.39. The van der Waals surface area contributed by atoms with E-state index >= 15 is 0 Å². The van der Waals surface area contributed by atoms with Gasteiger partial charge in [0, 0.05) is 31.7 Å². The molecule has 0 spiro atoms. The van der Waals surface area contributed by atoms with Gasteiger partial charge in [0.1, 0.15) is 0 Å². The van der Waals surface area contributed by atoms with Crippen LogP contribution < -0.4 is 5.32 Å². The molecule has 1 saturated heterocycles. The van der Waals surface area contributed by atoms with Crippen molar-refractivity contribution in [2.75, 3.05) is 32.8 Å². The minimum absolute atomic E-state index is 0.627. The molecule has 2 atom stereocenters. The molecular weight excluding hydrogens is 200 g/mol. The second kappa shape index (κ2) is 7.25. The Kier molecular flexibility index (Phi) is 6.32. The zero-order valence-corrected chi connectivity index (χ0v) is 11.3. The maximum atomic E-state index is 5.41. The van der Waals surface area contributed by atoms with Crippen LogP contribution in [0.25, 0.3) is 0 Å². The van der Waals surface area contributed by atoms with Crippen LogP contribution in [0.15, 0.2) is 0 Å². The monoisotopic (exact) mass is 228 g/mol. The molecule has 0 aromatic carbocycles. The van der Waals surface area contributed by atoms with Gasteiger partial charge >= 0.3 is 0 Å². The van der Waals surface area contributed by atoms with Gasteiger partial charge in [-0.25, -0.2) is 0 Å². The highest BCUT2D eigenvalue weighted by Crippen LogP contribution is 2.12. The molecule has 3 heteroatoms. The number of ether oxygens (including phenoxy) is 1. The SMILES string of the molecule is CCC(C)NCC(C(C)C)N1CCOCC1. The first-order chi connectivity index (χ1) is 7.65. The molecular formula is C13H28N2O. The Hall–Kier alpha value is -0.120. The zero-order chi connectivity index (χ0) is 12.0. The van der Waals surface area contributed by atoms with Gasteiger partial charge in [0.25, 0.3) is 0 Å². The summed E-state index contributed by atoms with van der Waals surface area (Å²) in [5.41, 5.74) is 0. The first-order valence-corrected chi connectivity index (χ1v) is 6.70. The second-order valence-corrected chi connectivity index (χ2v) is 5.18. The van der Waals surface area contributed by atoms with Crippen LogP contribution in [0.5, 0.6) is 0 Å². The lowest BCUT2D eigenvalue weighted by atomic mass is 10.0. The molecule has 3 nitrogen and oxygen atoms in total. The van der Waals surface area contributed by atoms with Gasteiger partial charge in [-0.15, -0.1) is 0 Å². The van der Waals surface area contributed by atoms with Crippen molar-refractivity contribution in [3.8, 4) is 0 Å². The normalized spacial score (nSPS) is 22.3. The summed E-state index contributed by atoms with van der Waals surface area (Å²) in [6.07, 6.45) is 1.20. The van der Waals surface area contributed by atoms with Gasteiger partial charge in [-0.3, -0.25) is 4.90 Å². The van der Waals surface area contributed by atoms with Gasteiger partial charge < -0.3 is 10.1 Å². The van der Waals surface area contributed by atoms with Gasteiger partial charge in [0.2, 0.25) is 0 Å². The summed E-state index contributed by atoms with van der Waals surface area (Å²) in [4.78, 5) is 2.57. The lowest BCUT2D eigenvalue weighted by molar-refractivity contribution is 0.00604. The summed E-state index contributed by atoms with van der Waals surface area (Å²) >= 11 is 0. The number of nitrogens with one attached hydrogen (secondary N) is 1. The van der Waals surface area contributed by atoms with E-state index in [1.165, 1.54) is 6.42 Å².